The number of nitrogens with zero attached hydrogens (tertiary/aromatic N) is 2. The highest BCUT2D eigenvalue weighted by molar-refractivity contribution is 6.37. The highest BCUT2D eigenvalue weighted by Crippen LogP contribution is 2.09. The Hall–Kier alpha value is -0.740. The summed E-state index contributed by atoms with van der Waals surface area (Å²) in [6, 6.07) is 0. The lowest BCUT2D eigenvalue weighted by molar-refractivity contribution is -0.136. The van der Waals surface area contributed by atoms with Crippen LogP contribution in [-0.2, 0) is 9.59 Å². The summed E-state index contributed by atoms with van der Waals surface area (Å²) in [4.78, 5) is 28.0. The molecule has 0 aliphatic carbocycles. The van der Waals surface area contributed by atoms with Gasteiger partial charge in [0.1, 0.15) is 0 Å². The van der Waals surface area contributed by atoms with Crippen LogP contribution in [0.4, 0.5) is 0 Å². The summed E-state index contributed by atoms with van der Waals surface area (Å²) in [6.45, 7) is 5.91. The Balaban J connectivity index is 1.59. The van der Waals surface area contributed by atoms with Crippen molar-refractivity contribution in [3.05, 3.63) is 0 Å². The van der Waals surface area contributed by atoms with E-state index in [0.717, 1.165) is 39.3 Å². The molecule has 2 rings (SSSR count). The van der Waals surface area contributed by atoms with Gasteiger partial charge in [0.25, 0.3) is 0 Å². The van der Waals surface area contributed by atoms with Crippen molar-refractivity contribution in [1.29, 1.82) is 0 Å². The molecule has 0 spiro atoms. The first-order valence-corrected chi connectivity index (χ1v) is 7.26. The van der Waals surface area contributed by atoms with Crippen LogP contribution < -0.4 is 0 Å². The van der Waals surface area contributed by atoms with Crippen LogP contribution in [0, 0.1) is 0 Å². The van der Waals surface area contributed by atoms with Gasteiger partial charge in [-0.2, -0.15) is 0 Å². The zero-order valence-electron chi connectivity index (χ0n) is 11.2. The molecule has 18 heavy (non-hydrogen) atoms. The topological polar surface area (TPSA) is 40.6 Å². The molecule has 0 N–H and O–H groups in total. The predicted octanol–water partition coefficient (Wildman–Crippen LogP) is 1.10. The van der Waals surface area contributed by atoms with E-state index in [2.05, 4.69) is 9.80 Å². The molecule has 2 fully saturated rings. The zero-order valence-corrected chi connectivity index (χ0v) is 11.2. The minimum absolute atomic E-state index is 0.166. The fourth-order valence-corrected chi connectivity index (χ4v) is 2.81. The molecule has 0 aromatic rings. The maximum atomic E-state index is 11.7. The zero-order chi connectivity index (χ0) is 12.8. The van der Waals surface area contributed by atoms with Crippen molar-refractivity contribution in [2.24, 2.45) is 0 Å². The first kappa shape index (κ1) is 13.7. The Morgan fingerprint density at radius 3 is 1.33 bits per heavy atom. The van der Waals surface area contributed by atoms with Crippen LogP contribution in [0.3, 0.4) is 0 Å². The Kier molecular flexibility index (Phi) is 5.32. The molecule has 4 nitrogen and oxygen atoms in total. The SMILES string of the molecule is O=C(CCN1CCCC1)C(=O)CCN1CCCC1. The monoisotopic (exact) mass is 252 g/mol. The molecule has 2 heterocycles. The smallest absolute Gasteiger partial charge is 0.199 e. The third-order valence-corrected chi connectivity index (χ3v) is 4.02. The average molecular weight is 252 g/mol. The van der Waals surface area contributed by atoms with Crippen LogP contribution in [0.15, 0.2) is 0 Å². The van der Waals surface area contributed by atoms with Crippen LogP contribution in [0.2, 0.25) is 0 Å². The quantitative estimate of drug-likeness (QED) is 0.636. The molecule has 2 aliphatic heterocycles. The molecular formula is C14H24N2O2. The second kappa shape index (κ2) is 7.00. The molecule has 0 aromatic carbocycles. The normalized spacial score (nSPS) is 21.6. The predicted molar refractivity (Wildman–Crippen MR) is 70.6 cm³/mol. The van der Waals surface area contributed by atoms with Crippen LogP contribution in [-0.4, -0.2) is 60.6 Å². The largest absolute Gasteiger partial charge is 0.303 e. The molecule has 0 unspecified atom stereocenters. The number of Topliss-reactive ketones (excluding diaryl/α,β-unsaturated/α-hetero) is 2. The van der Waals surface area contributed by atoms with Crippen molar-refractivity contribution < 1.29 is 9.59 Å². The van der Waals surface area contributed by atoms with Gasteiger partial charge in [-0.3, -0.25) is 9.59 Å². The van der Waals surface area contributed by atoms with Gasteiger partial charge in [0.15, 0.2) is 11.6 Å². The first-order valence-electron chi connectivity index (χ1n) is 7.26. The van der Waals surface area contributed by atoms with Gasteiger partial charge in [-0.05, 0) is 51.9 Å². The number of likely N-dealkylation sites (tertiary alicyclic amines) is 2. The molecule has 102 valence electrons. The number of hydrogen-bond acceptors (Lipinski definition) is 4. The summed E-state index contributed by atoms with van der Waals surface area (Å²) in [5, 5.41) is 0. The Morgan fingerprint density at radius 2 is 1.00 bits per heavy atom. The van der Waals surface area contributed by atoms with E-state index >= 15 is 0 Å². The summed E-state index contributed by atoms with van der Waals surface area (Å²) in [6.07, 6.45) is 5.76. The molecule has 0 amide bonds. The van der Waals surface area contributed by atoms with Gasteiger partial charge in [0.05, 0.1) is 0 Å². The Bertz CT molecular complexity index is 262. The summed E-state index contributed by atoms with van der Waals surface area (Å²) in [7, 11) is 0. The van der Waals surface area contributed by atoms with Crippen molar-refractivity contribution in [3.63, 3.8) is 0 Å². The number of carbonyl (C=O) groups excluding carboxylic acids is 2. The summed E-state index contributed by atoms with van der Waals surface area (Å²) in [5.41, 5.74) is 0. The maximum Gasteiger partial charge on any atom is 0.199 e. The lowest BCUT2D eigenvalue weighted by atomic mass is 10.1. The summed E-state index contributed by atoms with van der Waals surface area (Å²) in [5.74, 6) is -0.331. The van der Waals surface area contributed by atoms with Gasteiger partial charge < -0.3 is 9.80 Å². The molecule has 0 radical (unpaired) electrons. The van der Waals surface area contributed by atoms with Gasteiger partial charge in [0.2, 0.25) is 0 Å². The minimum Gasteiger partial charge on any atom is -0.303 e. The van der Waals surface area contributed by atoms with E-state index in [1.165, 1.54) is 25.7 Å². The molecule has 2 aliphatic rings. The number of rotatable bonds is 7. The van der Waals surface area contributed by atoms with E-state index < -0.39 is 0 Å². The van der Waals surface area contributed by atoms with Crippen molar-refractivity contribution in [1.82, 2.24) is 9.80 Å². The Morgan fingerprint density at radius 1 is 0.667 bits per heavy atom. The highest BCUT2D eigenvalue weighted by Gasteiger charge is 2.19. The van der Waals surface area contributed by atoms with Gasteiger partial charge in [-0.25, -0.2) is 0 Å². The lowest BCUT2D eigenvalue weighted by Crippen LogP contribution is -2.28. The molecule has 0 aromatic heterocycles. The minimum atomic E-state index is -0.166. The Labute approximate surface area is 109 Å². The third-order valence-electron chi connectivity index (χ3n) is 4.02. The highest BCUT2D eigenvalue weighted by atomic mass is 16.2. The number of carbonyl (C=O) groups is 2. The second-order valence-corrected chi connectivity index (χ2v) is 5.44. The molecule has 4 heteroatoms. The van der Waals surface area contributed by atoms with E-state index in [-0.39, 0.29) is 11.6 Å². The molecule has 2 saturated heterocycles. The standard InChI is InChI=1S/C14H24N2O2/c17-13(5-11-15-7-1-2-8-15)14(18)6-12-16-9-3-4-10-16/h1-12H2. The molecule has 0 atom stereocenters. The second-order valence-electron chi connectivity index (χ2n) is 5.44. The van der Waals surface area contributed by atoms with Crippen LogP contribution in [0.25, 0.3) is 0 Å². The summed E-state index contributed by atoms with van der Waals surface area (Å²) >= 11 is 0. The van der Waals surface area contributed by atoms with Gasteiger partial charge in [-0.1, -0.05) is 0 Å². The van der Waals surface area contributed by atoms with E-state index in [4.69, 9.17) is 0 Å². The molecule has 0 bridgehead atoms. The van der Waals surface area contributed by atoms with E-state index in [1.807, 2.05) is 0 Å². The van der Waals surface area contributed by atoms with E-state index in [0.29, 0.717) is 12.8 Å². The van der Waals surface area contributed by atoms with Crippen LogP contribution >= 0.6 is 0 Å². The third kappa shape index (κ3) is 4.18. The van der Waals surface area contributed by atoms with Crippen LogP contribution in [0.1, 0.15) is 38.5 Å². The van der Waals surface area contributed by atoms with Crippen molar-refractivity contribution in [2.75, 3.05) is 39.3 Å². The number of hydrogen-bond donors (Lipinski definition) is 0. The molecule has 0 saturated carbocycles. The summed E-state index contributed by atoms with van der Waals surface area (Å²) < 4.78 is 0. The van der Waals surface area contributed by atoms with Crippen molar-refractivity contribution >= 4 is 11.6 Å². The first-order chi connectivity index (χ1) is 8.75. The van der Waals surface area contributed by atoms with Crippen molar-refractivity contribution in [3.8, 4) is 0 Å². The van der Waals surface area contributed by atoms with Gasteiger partial charge in [-0.15, -0.1) is 0 Å². The van der Waals surface area contributed by atoms with Crippen LogP contribution in [0.5, 0.6) is 0 Å². The van der Waals surface area contributed by atoms with Crippen molar-refractivity contribution in [2.45, 2.75) is 38.5 Å². The molecular weight excluding hydrogens is 228 g/mol. The average Bonchev–Trinajstić information content (AvgIpc) is 3.05. The van der Waals surface area contributed by atoms with E-state index in [9.17, 15) is 9.59 Å². The fourth-order valence-electron chi connectivity index (χ4n) is 2.81. The fraction of sp³-hybridized carbons (Fsp3) is 0.857. The number of ketones is 2. The van der Waals surface area contributed by atoms with Gasteiger partial charge in [0, 0.05) is 25.9 Å². The van der Waals surface area contributed by atoms with E-state index in [1.54, 1.807) is 0 Å². The van der Waals surface area contributed by atoms with Gasteiger partial charge >= 0.3 is 0 Å². The lowest BCUT2D eigenvalue weighted by Gasteiger charge is -2.14. The maximum absolute atomic E-state index is 11.7.